The van der Waals surface area contributed by atoms with Crippen molar-refractivity contribution >= 4 is 70.2 Å². The van der Waals surface area contributed by atoms with Crippen LogP contribution in [0.15, 0.2) is 103 Å². The number of fused-ring (bicyclic) bond motifs is 2. The van der Waals surface area contributed by atoms with Crippen LogP contribution in [0.3, 0.4) is 0 Å². The molecule has 0 aliphatic heterocycles. The number of aromatic hydroxyl groups is 1. The van der Waals surface area contributed by atoms with E-state index in [1.54, 1.807) is 31.2 Å². The van der Waals surface area contributed by atoms with E-state index in [2.05, 4.69) is 20.5 Å². The summed E-state index contributed by atoms with van der Waals surface area (Å²) in [5.74, 6) is 0.0207. The van der Waals surface area contributed by atoms with Gasteiger partial charge < -0.3 is 15.6 Å². The predicted molar refractivity (Wildman–Crippen MR) is 160 cm³/mol. The standard InChI is InChI=1S/C28H23N5O8S2/c1-15-11-21(29)26(41-2)13-24(15)32-31-23-10-9-22(17-8-7-16(12-20(17)23)42(35,36)37)30-33-25-14-27(43(38,39)40)18-5-3-4-6-19(18)28(25)34/h3-14,34H,29H2,1-2H3,(H,35,36,37)(H,38,39,40). The van der Waals surface area contributed by atoms with Gasteiger partial charge in [-0.15, -0.1) is 15.3 Å². The number of hydrogen-bond donors (Lipinski definition) is 4. The van der Waals surface area contributed by atoms with Gasteiger partial charge in [0.05, 0.1) is 34.8 Å². The molecule has 5 aromatic carbocycles. The number of methoxy groups -OCH3 is 1. The minimum Gasteiger partial charge on any atom is -0.505 e. The van der Waals surface area contributed by atoms with Gasteiger partial charge in [0, 0.05) is 27.6 Å². The summed E-state index contributed by atoms with van der Waals surface area (Å²) in [7, 11) is -7.80. The molecule has 0 saturated heterocycles. The molecule has 15 heteroatoms. The summed E-state index contributed by atoms with van der Waals surface area (Å²) in [5.41, 5.74) is 7.65. The Labute approximate surface area is 245 Å². The summed E-state index contributed by atoms with van der Waals surface area (Å²) in [6, 6.07) is 17.0. The third kappa shape index (κ3) is 5.87. The normalized spacial score (nSPS) is 12.6. The number of aryl methyl sites for hydroxylation is 1. The highest BCUT2D eigenvalue weighted by molar-refractivity contribution is 7.86. The third-order valence-electron chi connectivity index (χ3n) is 6.56. The summed E-state index contributed by atoms with van der Waals surface area (Å²) in [6.07, 6.45) is 0. The lowest BCUT2D eigenvalue weighted by Gasteiger charge is -2.09. The predicted octanol–water partition coefficient (Wildman–Crippen LogP) is 6.92. The molecular weight excluding hydrogens is 598 g/mol. The highest BCUT2D eigenvalue weighted by atomic mass is 32.2. The first-order valence-electron chi connectivity index (χ1n) is 12.3. The molecule has 13 nitrogen and oxygen atoms in total. The van der Waals surface area contributed by atoms with Gasteiger partial charge >= 0.3 is 0 Å². The number of anilines is 1. The quantitative estimate of drug-likeness (QED) is 0.0841. The van der Waals surface area contributed by atoms with Gasteiger partial charge in [-0.3, -0.25) is 9.11 Å². The number of benzene rings is 5. The van der Waals surface area contributed by atoms with Crippen LogP contribution >= 0.6 is 0 Å². The van der Waals surface area contributed by atoms with E-state index in [9.17, 15) is 31.0 Å². The Hall–Kier alpha value is -4.96. The SMILES string of the molecule is COc1cc(N=Nc2ccc(N=Nc3cc(S(=O)(=O)O)c4ccccc4c3O)c3ccc(S(=O)(=O)O)cc23)c(C)cc1N. The fraction of sp³-hybridized carbons (Fsp3) is 0.0714. The number of nitrogens with two attached hydrogens (primary N) is 1. The number of rotatable bonds is 7. The molecule has 0 fully saturated rings. The lowest BCUT2D eigenvalue weighted by atomic mass is 10.1. The third-order valence-corrected chi connectivity index (χ3v) is 8.30. The molecular formula is C28H23N5O8S2. The van der Waals surface area contributed by atoms with Gasteiger partial charge in [-0.05, 0) is 48.9 Å². The Bertz CT molecular complexity index is 2220. The van der Waals surface area contributed by atoms with Crippen LogP contribution in [0.1, 0.15) is 5.56 Å². The van der Waals surface area contributed by atoms with Gasteiger partial charge in [0.1, 0.15) is 16.3 Å². The lowest BCUT2D eigenvalue weighted by Crippen LogP contribution is -1.99. The van der Waals surface area contributed by atoms with Crippen LogP contribution in [0.25, 0.3) is 21.5 Å². The second-order valence-corrected chi connectivity index (χ2v) is 12.1. The molecule has 220 valence electrons. The van der Waals surface area contributed by atoms with E-state index in [0.717, 1.165) is 12.1 Å². The van der Waals surface area contributed by atoms with Crippen molar-refractivity contribution in [3.05, 3.63) is 78.4 Å². The van der Waals surface area contributed by atoms with E-state index in [4.69, 9.17) is 10.5 Å². The van der Waals surface area contributed by atoms with Crippen LogP contribution in [-0.2, 0) is 20.2 Å². The first-order valence-corrected chi connectivity index (χ1v) is 15.2. The van der Waals surface area contributed by atoms with E-state index in [-0.39, 0.29) is 39.0 Å². The minimum absolute atomic E-state index is 0.0910. The first-order chi connectivity index (χ1) is 20.3. The Morgan fingerprint density at radius 2 is 1.28 bits per heavy atom. The van der Waals surface area contributed by atoms with Gasteiger partial charge in [0.25, 0.3) is 20.2 Å². The van der Waals surface area contributed by atoms with Gasteiger partial charge in [-0.25, -0.2) is 0 Å². The van der Waals surface area contributed by atoms with Gasteiger partial charge in [0.2, 0.25) is 0 Å². The molecule has 0 spiro atoms. The smallest absolute Gasteiger partial charge is 0.295 e. The van der Waals surface area contributed by atoms with Crippen LogP contribution < -0.4 is 10.5 Å². The van der Waals surface area contributed by atoms with Crippen molar-refractivity contribution in [1.29, 1.82) is 0 Å². The maximum absolute atomic E-state index is 12.0. The number of hydrogen-bond acceptors (Lipinski definition) is 11. The summed E-state index contributed by atoms with van der Waals surface area (Å²) in [5, 5.41) is 28.3. The molecule has 5 aromatic rings. The van der Waals surface area contributed by atoms with Crippen LogP contribution in [0.2, 0.25) is 0 Å². The molecule has 0 atom stereocenters. The molecule has 43 heavy (non-hydrogen) atoms. The van der Waals surface area contributed by atoms with Crippen molar-refractivity contribution in [2.24, 2.45) is 20.5 Å². The van der Waals surface area contributed by atoms with E-state index in [0.29, 0.717) is 28.1 Å². The van der Waals surface area contributed by atoms with Crippen LogP contribution in [0.4, 0.5) is 28.4 Å². The lowest BCUT2D eigenvalue weighted by molar-refractivity contribution is 0.417. The highest BCUT2D eigenvalue weighted by Crippen LogP contribution is 2.41. The molecule has 0 heterocycles. The molecule has 0 unspecified atom stereocenters. The first kappa shape index (κ1) is 29.5. The average molecular weight is 622 g/mol. The molecule has 0 aromatic heterocycles. The van der Waals surface area contributed by atoms with Crippen LogP contribution in [0, 0.1) is 6.92 Å². The van der Waals surface area contributed by atoms with E-state index in [1.165, 1.54) is 43.5 Å². The molecule has 0 aliphatic carbocycles. The topological polar surface area (TPSA) is 214 Å². The molecule has 0 bridgehead atoms. The van der Waals surface area contributed by atoms with E-state index >= 15 is 0 Å². The zero-order valence-electron chi connectivity index (χ0n) is 22.5. The zero-order valence-corrected chi connectivity index (χ0v) is 24.1. The Morgan fingerprint density at radius 1 is 0.674 bits per heavy atom. The number of phenolic OH excluding ortho intramolecular Hbond substituents is 1. The maximum atomic E-state index is 12.0. The monoisotopic (exact) mass is 621 g/mol. The largest absolute Gasteiger partial charge is 0.505 e. The maximum Gasteiger partial charge on any atom is 0.295 e. The van der Waals surface area contributed by atoms with Gasteiger partial charge in [-0.1, -0.05) is 30.3 Å². The minimum atomic E-state index is -4.68. The number of ether oxygens (including phenoxy) is 1. The Kier molecular flexibility index (Phi) is 7.58. The van der Waals surface area contributed by atoms with Gasteiger partial charge in [0.15, 0.2) is 5.75 Å². The van der Waals surface area contributed by atoms with Crippen molar-refractivity contribution < 1.29 is 35.8 Å². The average Bonchev–Trinajstić information content (AvgIpc) is 2.95. The number of azo groups is 2. The molecule has 0 radical (unpaired) electrons. The molecule has 5 N–H and O–H groups in total. The van der Waals surface area contributed by atoms with Crippen molar-refractivity contribution in [1.82, 2.24) is 0 Å². The highest BCUT2D eigenvalue weighted by Gasteiger charge is 2.20. The second kappa shape index (κ2) is 11.0. The molecule has 0 aliphatic rings. The van der Waals surface area contributed by atoms with Crippen molar-refractivity contribution in [2.75, 3.05) is 12.8 Å². The summed E-state index contributed by atoms with van der Waals surface area (Å²) in [4.78, 5) is -0.872. The summed E-state index contributed by atoms with van der Waals surface area (Å²) >= 11 is 0. The number of nitrogen functional groups attached to an aromatic ring is 1. The Morgan fingerprint density at radius 3 is 1.91 bits per heavy atom. The fourth-order valence-corrected chi connectivity index (χ4v) is 5.66. The van der Waals surface area contributed by atoms with Crippen LogP contribution in [0.5, 0.6) is 11.5 Å². The molecule has 0 saturated carbocycles. The second-order valence-electron chi connectivity index (χ2n) is 9.33. The molecule has 5 rings (SSSR count). The van der Waals surface area contributed by atoms with Crippen molar-refractivity contribution in [3.63, 3.8) is 0 Å². The Balaban J connectivity index is 1.66. The van der Waals surface area contributed by atoms with E-state index in [1.807, 2.05) is 0 Å². The van der Waals surface area contributed by atoms with Crippen LogP contribution in [-0.4, -0.2) is 38.2 Å². The van der Waals surface area contributed by atoms with E-state index < -0.39 is 30.0 Å². The summed E-state index contributed by atoms with van der Waals surface area (Å²) < 4.78 is 72.6. The molecule has 0 amide bonds. The zero-order chi connectivity index (χ0) is 31.1. The van der Waals surface area contributed by atoms with Crippen molar-refractivity contribution in [3.8, 4) is 11.5 Å². The number of nitrogens with zero attached hydrogens (tertiary/aromatic N) is 4. The van der Waals surface area contributed by atoms with Crippen molar-refractivity contribution in [2.45, 2.75) is 16.7 Å². The number of phenols is 1. The summed E-state index contributed by atoms with van der Waals surface area (Å²) in [6.45, 7) is 1.78. The van der Waals surface area contributed by atoms with Gasteiger partial charge in [-0.2, -0.15) is 21.9 Å². The fourth-order valence-electron chi connectivity index (χ4n) is 4.43.